The van der Waals surface area contributed by atoms with Crippen molar-refractivity contribution in [2.45, 2.75) is 18.0 Å². The lowest BCUT2D eigenvalue weighted by Gasteiger charge is -2.37. The Kier molecular flexibility index (Phi) is 5.54. The third-order valence-electron chi connectivity index (χ3n) is 8.51. The van der Waals surface area contributed by atoms with Gasteiger partial charge >= 0.3 is 0 Å². The zero-order chi connectivity index (χ0) is 27.6. The number of carbonyl (C=O) groups excluding carboxylic acids is 3. The maximum absolute atomic E-state index is 14.7. The number of fused-ring (bicyclic) bond motifs is 5. The number of ether oxygens (including phenoxy) is 2. The Bertz CT molecular complexity index is 1690. The normalized spacial score (nSPS) is 21.8. The highest BCUT2D eigenvalue weighted by atomic mass is 32.1. The number of nitrogens with zero attached hydrogens (tertiary/aromatic N) is 1. The minimum atomic E-state index is -1.59. The summed E-state index contributed by atoms with van der Waals surface area (Å²) in [4.78, 5) is 46.6. The molecule has 0 amide bonds. The molecule has 7 heteroatoms. The maximum atomic E-state index is 14.7. The maximum Gasteiger partial charge on any atom is 0.195 e. The first kappa shape index (κ1) is 24.5. The first-order valence-electron chi connectivity index (χ1n) is 13.1. The average molecular weight is 548 g/mol. The van der Waals surface area contributed by atoms with Crippen molar-refractivity contribution in [1.29, 1.82) is 0 Å². The van der Waals surface area contributed by atoms with Gasteiger partial charge in [0.25, 0.3) is 0 Å². The summed E-state index contributed by atoms with van der Waals surface area (Å²) in [5, 5.41) is 1.86. The minimum Gasteiger partial charge on any atom is -0.493 e. The first-order chi connectivity index (χ1) is 19.5. The topological polar surface area (TPSA) is 72.9 Å². The number of benzene rings is 3. The summed E-state index contributed by atoms with van der Waals surface area (Å²) < 4.78 is 11.5. The van der Waals surface area contributed by atoms with Gasteiger partial charge in [0.2, 0.25) is 0 Å². The number of hydrogen-bond acceptors (Lipinski definition) is 7. The highest BCUT2D eigenvalue weighted by Crippen LogP contribution is 2.62. The van der Waals surface area contributed by atoms with Crippen LogP contribution in [0.3, 0.4) is 0 Å². The Labute approximate surface area is 235 Å². The van der Waals surface area contributed by atoms with Gasteiger partial charge in [0.15, 0.2) is 28.8 Å². The Morgan fingerprint density at radius 2 is 1.57 bits per heavy atom. The van der Waals surface area contributed by atoms with Gasteiger partial charge in [0.05, 0.1) is 25.1 Å². The number of methoxy groups -OCH3 is 2. The van der Waals surface area contributed by atoms with E-state index in [4.69, 9.17) is 9.47 Å². The van der Waals surface area contributed by atoms with Crippen molar-refractivity contribution < 1.29 is 23.9 Å². The molecule has 3 atom stereocenters. The Morgan fingerprint density at radius 1 is 0.850 bits per heavy atom. The molecule has 2 aliphatic heterocycles. The van der Waals surface area contributed by atoms with Crippen LogP contribution in [0.1, 0.15) is 47.4 Å². The van der Waals surface area contributed by atoms with Crippen LogP contribution in [-0.2, 0) is 0 Å². The number of carbonyl (C=O) groups is 3. The predicted molar refractivity (Wildman–Crippen MR) is 154 cm³/mol. The van der Waals surface area contributed by atoms with E-state index < -0.39 is 23.4 Å². The van der Waals surface area contributed by atoms with Crippen LogP contribution < -0.4 is 14.4 Å². The molecule has 3 heterocycles. The van der Waals surface area contributed by atoms with Crippen LogP contribution in [0.25, 0.3) is 6.08 Å². The second-order valence-corrected chi connectivity index (χ2v) is 11.1. The number of para-hydroxylation sites is 2. The molecule has 1 aromatic heterocycles. The van der Waals surface area contributed by atoms with Crippen molar-refractivity contribution in [3.63, 3.8) is 0 Å². The molecule has 1 fully saturated rings. The van der Waals surface area contributed by atoms with E-state index in [0.717, 1.165) is 11.3 Å². The molecule has 198 valence electrons. The second-order valence-electron chi connectivity index (χ2n) is 10.2. The molecular formula is C33H25NO5S. The van der Waals surface area contributed by atoms with E-state index in [1.165, 1.54) is 18.4 Å². The summed E-state index contributed by atoms with van der Waals surface area (Å²) in [6.45, 7) is 0. The van der Waals surface area contributed by atoms with Gasteiger partial charge in [-0.15, -0.1) is 11.3 Å². The fourth-order valence-electron chi connectivity index (χ4n) is 6.98. The van der Waals surface area contributed by atoms with E-state index in [2.05, 4.69) is 0 Å². The van der Waals surface area contributed by atoms with Crippen LogP contribution >= 0.6 is 11.3 Å². The number of ketones is 3. The molecule has 4 aromatic rings. The van der Waals surface area contributed by atoms with E-state index in [1.807, 2.05) is 64.9 Å². The minimum absolute atomic E-state index is 0.145. The van der Waals surface area contributed by atoms with Crippen LogP contribution in [0, 0.1) is 5.41 Å². The molecule has 3 aromatic carbocycles. The van der Waals surface area contributed by atoms with Gasteiger partial charge in [-0.2, -0.15) is 0 Å². The third-order valence-corrected chi connectivity index (χ3v) is 9.40. The van der Waals surface area contributed by atoms with Crippen molar-refractivity contribution in [2.75, 3.05) is 19.1 Å². The predicted octanol–water partition coefficient (Wildman–Crippen LogP) is 6.08. The van der Waals surface area contributed by atoms with Crippen molar-refractivity contribution in [2.24, 2.45) is 5.41 Å². The van der Waals surface area contributed by atoms with Gasteiger partial charge < -0.3 is 14.4 Å². The largest absolute Gasteiger partial charge is 0.493 e. The molecule has 0 bridgehead atoms. The summed E-state index contributed by atoms with van der Waals surface area (Å²) in [6.07, 6.45) is 3.88. The summed E-state index contributed by atoms with van der Waals surface area (Å²) in [7, 11) is 3.08. The van der Waals surface area contributed by atoms with Crippen LogP contribution in [0.15, 0.2) is 90.3 Å². The van der Waals surface area contributed by atoms with Crippen molar-refractivity contribution in [1.82, 2.24) is 0 Å². The summed E-state index contributed by atoms with van der Waals surface area (Å²) >= 11 is 1.35. The van der Waals surface area contributed by atoms with Gasteiger partial charge in [0, 0.05) is 28.3 Å². The smallest absolute Gasteiger partial charge is 0.195 e. The SMILES string of the molecule is COc1cccc([C@H]2[C@H](C(=O)c3cccs3)N3c4ccccc4C=C[C@H]3C23C(=O)c2ccccc2C3=O)c1OC. The molecule has 0 radical (unpaired) electrons. The number of hydrogen-bond donors (Lipinski definition) is 0. The molecular weight excluding hydrogens is 522 g/mol. The molecule has 40 heavy (non-hydrogen) atoms. The monoisotopic (exact) mass is 547 g/mol. The Hall–Kier alpha value is -4.49. The third kappa shape index (κ3) is 3.06. The van der Waals surface area contributed by atoms with Crippen molar-refractivity contribution in [3.05, 3.63) is 117 Å². The molecule has 6 nitrogen and oxygen atoms in total. The van der Waals surface area contributed by atoms with Gasteiger partial charge in [-0.05, 0) is 29.1 Å². The van der Waals surface area contributed by atoms with Crippen LogP contribution in [0.4, 0.5) is 5.69 Å². The van der Waals surface area contributed by atoms with Crippen LogP contribution in [0.5, 0.6) is 11.5 Å². The van der Waals surface area contributed by atoms with Crippen LogP contribution in [-0.4, -0.2) is 43.7 Å². The lowest BCUT2D eigenvalue weighted by atomic mass is 9.64. The summed E-state index contributed by atoms with van der Waals surface area (Å²) in [5.41, 5.74) is 1.50. The molecule has 0 unspecified atom stereocenters. The van der Waals surface area contributed by atoms with E-state index >= 15 is 0 Å². The van der Waals surface area contributed by atoms with E-state index in [1.54, 1.807) is 43.5 Å². The quantitative estimate of drug-likeness (QED) is 0.223. The summed E-state index contributed by atoms with van der Waals surface area (Å²) in [5.74, 6) is -0.679. The molecule has 1 spiro atoms. The summed E-state index contributed by atoms with van der Waals surface area (Å²) in [6, 6.07) is 22.3. The number of anilines is 1. The molecule has 7 rings (SSSR count). The Balaban J connectivity index is 1.59. The zero-order valence-corrected chi connectivity index (χ0v) is 22.7. The van der Waals surface area contributed by atoms with Gasteiger partial charge in [0.1, 0.15) is 11.5 Å². The van der Waals surface area contributed by atoms with Crippen LogP contribution in [0.2, 0.25) is 0 Å². The highest BCUT2D eigenvalue weighted by molar-refractivity contribution is 7.12. The lowest BCUT2D eigenvalue weighted by Crippen LogP contribution is -2.48. The van der Waals surface area contributed by atoms with Gasteiger partial charge in [-0.3, -0.25) is 14.4 Å². The standard InChI is InChI=1S/C33H25NO5S/c1-38-24-14-7-12-22(30(24)39-2)27-28(29(35)25-15-8-18-40-25)34-23-13-6-3-9-19(23)16-17-26(34)33(27)31(36)20-10-4-5-11-21(20)32(33)37/h3-18,26-28H,1-2H3/t26-,27-,28+/m0/s1. The fourth-order valence-corrected chi connectivity index (χ4v) is 7.68. The molecule has 3 aliphatic rings. The Morgan fingerprint density at radius 3 is 2.25 bits per heavy atom. The second kappa shape index (κ2) is 9.03. The van der Waals surface area contributed by atoms with E-state index in [9.17, 15) is 14.4 Å². The number of Topliss-reactive ketones (excluding diaryl/α,β-unsaturated/α-hetero) is 3. The molecule has 0 N–H and O–H groups in total. The average Bonchev–Trinajstić information content (AvgIpc) is 3.70. The molecule has 1 aliphatic carbocycles. The lowest BCUT2D eigenvalue weighted by molar-refractivity contribution is 0.0664. The van der Waals surface area contributed by atoms with Crippen molar-refractivity contribution >= 4 is 40.4 Å². The van der Waals surface area contributed by atoms with E-state index in [-0.39, 0.29) is 17.3 Å². The van der Waals surface area contributed by atoms with Crippen molar-refractivity contribution in [3.8, 4) is 11.5 Å². The molecule has 1 saturated heterocycles. The molecule has 0 saturated carbocycles. The number of rotatable bonds is 5. The fraction of sp³-hybridized carbons (Fsp3) is 0.182. The highest BCUT2D eigenvalue weighted by Gasteiger charge is 2.72. The van der Waals surface area contributed by atoms with E-state index in [0.29, 0.717) is 33.1 Å². The van der Waals surface area contributed by atoms with Gasteiger partial charge in [-0.1, -0.05) is 72.8 Å². The number of thiophene rings is 1. The zero-order valence-electron chi connectivity index (χ0n) is 21.9. The first-order valence-corrected chi connectivity index (χ1v) is 13.9. The van der Waals surface area contributed by atoms with Gasteiger partial charge in [-0.25, -0.2) is 0 Å².